The molecule has 1 atom stereocenters. The molecule has 0 aliphatic carbocycles. The summed E-state index contributed by atoms with van der Waals surface area (Å²) in [5.41, 5.74) is 3.69. The third-order valence-electron chi connectivity index (χ3n) is 5.48. The number of piperidine rings is 1. The Bertz CT molecular complexity index is 959. The van der Waals surface area contributed by atoms with Gasteiger partial charge in [-0.15, -0.1) is 0 Å². The van der Waals surface area contributed by atoms with E-state index in [-0.39, 0.29) is 17.6 Å². The number of halogens is 1. The van der Waals surface area contributed by atoms with Crippen molar-refractivity contribution < 1.29 is 9.18 Å². The van der Waals surface area contributed by atoms with Gasteiger partial charge in [-0.2, -0.15) is 0 Å². The summed E-state index contributed by atoms with van der Waals surface area (Å²) in [5, 5.41) is 0. The summed E-state index contributed by atoms with van der Waals surface area (Å²) in [6, 6.07) is 16.4. The van der Waals surface area contributed by atoms with Crippen LogP contribution in [0.1, 0.15) is 36.4 Å². The monoisotopic (exact) mass is 389 g/mol. The number of aryl methyl sites for hydroxylation is 1. The molecule has 1 fully saturated rings. The number of benzene rings is 2. The average molecular weight is 389 g/mol. The summed E-state index contributed by atoms with van der Waals surface area (Å²) in [5.74, 6) is 0.0519. The van der Waals surface area contributed by atoms with E-state index in [0.717, 1.165) is 42.8 Å². The molecule has 4 rings (SSSR count). The zero-order valence-corrected chi connectivity index (χ0v) is 16.3. The van der Waals surface area contributed by atoms with E-state index in [0.29, 0.717) is 13.0 Å². The largest absolute Gasteiger partial charge is 0.342 e. The molecular weight excluding hydrogens is 365 g/mol. The van der Waals surface area contributed by atoms with Crippen molar-refractivity contribution in [2.75, 3.05) is 13.1 Å². The summed E-state index contributed by atoms with van der Waals surface area (Å²) in [6.45, 7) is 1.44. The number of hydrogen-bond donors (Lipinski definition) is 0. The van der Waals surface area contributed by atoms with Crippen LogP contribution in [0.25, 0.3) is 11.3 Å². The van der Waals surface area contributed by atoms with Gasteiger partial charge in [0.15, 0.2) is 0 Å². The Morgan fingerprint density at radius 2 is 1.79 bits per heavy atom. The first-order chi connectivity index (χ1) is 14.2. The Labute approximate surface area is 170 Å². The van der Waals surface area contributed by atoms with Gasteiger partial charge in [0.25, 0.3) is 0 Å². The second kappa shape index (κ2) is 8.95. The quantitative estimate of drug-likeness (QED) is 0.640. The lowest BCUT2D eigenvalue weighted by Gasteiger charge is -2.33. The lowest BCUT2D eigenvalue weighted by molar-refractivity contribution is -0.132. The number of nitrogens with zero attached hydrogens (tertiary/aromatic N) is 3. The van der Waals surface area contributed by atoms with Crippen LogP contribution in [0.2, 0.25) is 0 Å². The highest BCUT2D eigenvalue weighted by Gasteiger charge is 2.27. The SMILES string of the molecule is O=C(CCc1ccccc1)N1CCC[C@@H](c2nccnc2-c2ccc(F)cc2)C1. The number of aromatic nitrogens is 2. The molecule has 0 radical (unpaired) electrons. The van der Waals surface area contributed by atoms with Crippen molar-refractivity contribution >= 4 is 5.91 Å². The van der Waals surface area contributed by atoms with Crippen LogP contribution < -0.4 is 0 Å². The molecular formula is C24H24FN3O. The molecule has 1 aliphatic heterocycles. The number of likely N-dealkylation sites (tertiary alicyclic amines) is 1. The van der Waals surface area contributed by atoms with Crippen LogP contribution in [-0.2, 0) is 11.2 Å². The molecule has 148 valence electrons. The third-order valence-corrected chi connectivity index (χ3v) is 5.48. The fraction of sp³-hybridized carbons (Fsp3) is 0.292. The summed E-state index contributed by atoms with van der Waals surface area (Å²) in [6.07, 6.45) is 6.54. The number of amides is 1. The molecule has 5 heteroatoms. The van der Waals surface area contributed by atoms with E-state index in [1.54, 1.807) is 24.5 Å². The zero-order chi connectivity index (χ0) is 20.1. The van der Waals surface area contributed by atoms with Crippen LogP contribution in [0.5, 0.6) is 0 Å². The van der Waals surface area contributed by atoms with Crippen molar-refractivity contribution in [2.45, 2.75) is 31.6 Å². The van der Waals surface area contributed by atoms with E-state index in [1.165, 1.54) is 17.7 Å². The maximum atomic E-state index is 13.3. The minimum atomic E-state index is -0.271. The summed E-state index contributed by atoms with van der Waals surface area (Å²) < 4.78 is 13.3. The highest BCUT2D eigenvalue weighted by molar-refractivity contribution is 5.76. The topological polar surface area (TPSA) is 46.1 Å². The first kappa shape index (κ1) is 19.2. The third kappa shape index (κ3) is 4.67. The molecule has 0 saturated carbocycles. The molecule has 0 N–H and O–H groups in total. The molecule has 1 aliphatic rings. The number of carbonyl (C=O) groups is 1. The van der Waals surface area contributed by atoms with Crippen molar-refractivity contribution in [1.82, 2.24) is 14.9 Å². The van der Waals surface area contributed by atoms with Gasteiger partial charge >= 0.3 is 0 Å². The fourth-order valence-electron chi connectivity index (χ4n) is 3.96. The normalized spacial score (nSPS) is 16.6. The predicted molar refractivity (Wildman–Crippen MR) is 111 cm³/mol. The van der Waals surface area contributed by atoms with Gasteiger partial charge in [-0.05, 0) is 49.1 Å². The average Bonchev–Trinajstić information content (AvgIpc) is 2.79. The van der Waals surface area contributed by atoms with E-state index in [1.807, 2.05) is 23.1 Å². The van der Waals surface area contributed by atoms with E-state index in [9.17, 15) is 9.18 Å². The van der Waals surface area contributed by atoms with Gasteiger partial charge in [0.2, 0.25) is 5.91 Å². The van der Waals surface area contributed by atoms with E-state index in [4.69, 9.17) is 0 Å². The predicted octanol–water partition coefficient (Wildman–Crippen LogP) is 4.62. The van der Waals surface area contributed by atoms with E-state index in [2.05, 4.69) is 22.1 Å². The van der Waals surface area contributed by atoms with E-state index >= 15 is 0 Å². The first-order valence-corrected chi connectivity index (χ1v) is 10.1. The van der Waals surface area contributed by atoms with Gasteiger partial charge in [0.05, 0.1) is 11.4 Å². The summed E-state index contributed by atoms with van der Waals surface area (Å²) in [7, 11) is 0. The second-order valence-corrected chi connectivity index (χ2v) is 7.46. The highest BCUT2D eigenvalue weighted by Crippen LogP contribution is 2.32. The second-order valence-electron chi connectivity index (χ2n) is 7.46. The Balaban J connectivity index is 1.47. The highest BCUT2D eigenvalue weighted by atomic mass is 19.1. The van der Waals surface area contributed by atoms with Gasteiger partial charge in [0, 0.05) is 43.4 Å². The summed E-state index contributed by atoms with van der Waals surface area (Å²) >= 11 is 0. The molecule has 2 heterocycles. The van der Waals surface area contributed by atoms with Crippen LogP contribution in [0, 0.1) is 5.82 Å². The van der Waals surface area contributed by atoms with E-state index < -0.39 is 0 Å². The van der Waals surface area contributed by atoms with Gasteiger partial charge < -0.3 is 4.90 Å². The molecule has 2 aromatic carbocycles. The molecule has 1 aromatic heterocycles. The number of carbonyl (C=O) groups excluding carboxylic acids is 1. The van der Waals surface area contributed by atoms with Gasteiger partial charge in [-0.3, -0.25) is 14.8 Å². The van der Waals surface area contributed by atoms with Crippen molar-refractivity contribution in [3.05, 3.63) is 84.1 Å². The molecule has 29 heavy (non-hydrogen) atoms. The maximum Gasteiger partial charge on any atom is 0.222 e. The lowest BCUT2D eigenvalue weighted by Crippen LogP contribution is -2.39. The van der Waals surface area contributed by atoms with Crippen LogP contribution in [-0.4, -0.2) is 33.9 Å². The molecule has 3 aromatic rings. The minimum Gasteiger partial charge on any atom is -0.342 e. The van der Waals surface area contributed by atoms with Crippen molar-refractivity contribution in [2.24, 2.45) is 0 Å². The van der Waals surface area contributed by atoms with Crippen molar-refractivity contribution in [3.8, 4) is 11.3 Å². The van der Waals surface area contributed by atoms with Crippen LogP contribution in [0.4, 0.5) is 4.39 Å². The molecule has 1 saturated heterocycles. The Hall–Kier alpha value is -3.08. The zero-order valence-electron chi connectivity index (χ0n) is 16.3. The van der Waals surface area contributed by atoms with Crippen molar-refractivity contribution in [1.29, 1.82) is 0 Å². The van der Waals surface area contributed by atoms with Crippen LogP contribution >= 0.6 is 0 Å². The smallest absolute Gasteiger partial charge is 0.222 e. The molecule has 0 bridgehead atoms. The lowest BCUT2D eigenvalue weighted by atomic mass is 9.91. The Kier molecular flexibility index (Phi) is 5.94. The molecule has 0 unspecified atom stereocenters. The fourth-order valence-corrected chi connectivity index (χ4v) is 3.96. The van der Waals surface area contributed by atoms with Gasteiger partial charge in [0.1, 0.15) is 5.82 Å². The standard InChI is InChI=1S/C24H24FN3O/c25-21-11-9-19(10-12-21)23-24(27-15-14-26-23)20-7-4-16-28(17-20)22(29)13-8-18-5-2-1-3-6-18/h1-3,5-6,9-12,14-15,20H,4,7-8,13,16-17H2/t20-/m1/s1. The molecule has 4 nitrogen and oxygen atoms in total. The number of rotatable bonds is 5. The first-order valence-electron chi connectivity index (χ1n) is 10.1. The van der Waals surface area contributed by atoms with Gasteiger partial charge in [-0.1, -0.05) is 30.3 Å². The van der Waals surface area contributed by atoms with Crippen molar-refractivity contribution in [3.63, 3.8) is 0 Å². The maximum absolute atomic E-state index is 13.3. The molecule has 0 spiro atoms. The van der Waals surface area contributed by atoms with Crippen LogP contribution in [0.3, 0.4) is 0 Å². The number of hydrogen-bond acceptors (Lipinski definition) is 3. The molecule has 1 amide bonds. The summed E-state index contributed by atoms with van der Waals surface area (Å²) in [4.78, 5) is 23.9. The van der Waals surface area contributed by atoms with Gasteiger partial charge in [-0.25, -0.2) is 4.39 Å². The Morgan fingerprint density at radius 1 is 1.03 bits per heavy atom. The van der Waals surface area contributed by atoms with Crippen LogP contribution in [0.15, 0.2) is 67.0 Å². The minimum absolute atomic E-state index is 0.137. The Morgan fingerprint density at radius 3 is 2.59 bits per heavy atom.